The van der Waals surface area contributed by atoms with Crippen molar-refractivity contribution in [1.29, 1.82) is 0 Å². The Morgan fingerprint density at radius 1 is 1.30 bits per heavy atom. The molecule has 3 N–H and O–H groups in total. The first-order valence-electron chi connectivity index (χ1n) is 6.88. The minimum absolute atomic E-state index is 0.0957. The molecule has 23 heavy (non-hydrogen) atoms. The van der Waals surface area contributed by atoms with E-state index in [4.69, 9.17) is 10.5 Å². The van der Waals surface area contributed by atoms with Crippen LogP contribution >= 0.6 is 0 Å². The predicted octanol–water partition coefficient (Wildman–Crippen LogP) is 2.66. The van der Waals surface area contributed by atoms with Gasteiger partial charge in [-0.3, -0.25) is 9.79 Å². The van der Waals surface area contributed by atoms with Gasteiger partial charge >= 0.3 is 12.3 Å². The number of carbonyl (C=O) groups is 1. The summed E-state index contributed by atoms with van der Waals surface area (Å²) < 4.78 is 44.6. The van der Waals surface area contributed by atoms with Crippen molar-refractivity contribution in [3.63, 3.8) is 0 Å². The van der Waals surface area contributed by atoms with E-state index in [2.05, 4.69) is 15.0 Å². The molecule has 6 nitrogen and oxygen atoms in total. The molecule has 128 valence electrons. The Labute approximate surface area is 131 Å². The number of esters is 1. The van der Waals surface area contributed by atoms with E-state index in [-0.39, 0.29) is 24.1 Å². The molecule has 0 unspecified atom stereocenters. The zero-order valence-corrected chi connectivity index (χ0v) is 12.5. The number of hydrogen-bond donors (Lipinski definition) is 2. The fourth-order valence-corrected chi connectivity index (χ4v) is 1.58. The van der Waals surface area contributed by atoms with Gasteiger partial charge in [0.05, 0.1) is 6.61 Å². The van der Waals surface area contributed by atoms with Crippen LogP contribution in [-0.2, 0) is 9.53 Å². The van der Waals surface area contributed by atoms with E-state index in [0.717, 1.165) is 12.1 Å². The molecule has 1 aromatic carbocycles. The quantitative estimate of drug-likeness (QED) is 0.347. The number of aliphatic imine (C=N–C) groups is 1. The molecule has 0 spiro atoms. The van der Waals surface area contributed by atoms with Crippen LogP contribution in [0.4, 0.5) is 18.9 Å². The van der Waals surface area contributed by atoms with Crippen LogP contribution in [-0.4, -0.2) is 31.4 Å². The number of benzene rings is 1. The highest BCUT2D eigenvalue weighted by atomic mass is 19.4. The molecule has 0 fully saturated rings. The SMILES string of the molecule is CCOC(=O)CCCN=C(N)Nc1ccc(OC(F)(F)F)cc1. The maximum atomic E-state index is 12.0. The van der Waals surface area contributed by atoms with Gasteiger partial charge in [0.15, 0.2) is 5.96 Å². The monoisotopic (exact) mass is 333 g/mol. The van der Waals surface area contributed by atoms with Crippen LogP contribution in [0, 0.1) is 0 Å². The van der Waals surface area contributed by atoms with Gasteiger partial charge < -0.3 is 20.5 Å². The van der Waals surface area contributed by atoms with Gasteiger partial charge in [-0.1, -0.05) is 0 Å². The van der Waals surface area contributed by atoms with E-state index in [0.29, 0.717) is 25.3 Å². The van der Waals surface area contributed by atoms with Crippen LogP contribution in [0.25, 0.3) is 0 Å². The van der Waals surface area contributed by atoms with E-state index < -0.39 is 6.36 Å². The van der Waals surface area contributed by atoms with Gasteiger partial charge in [0.25, 0.3) is 0 Å². The molecule has 0 saturated heterocycles. The summed E-state index contributed by atoms with van der Waals surface area (Å²) in [5.74, 6) is -0.527. The molecule has 0 bridgehead atoms. The molecule has 0 aromatic heterocycles. The van der Waals surface area contributed by atoms with Gasteiger partial charge in [-0.2, -0.15) is 0 Å². The van der Waals surface area contributed by atoms with Gasteiger partial charge in [0.1, 0.15) is 5.75 Å². The van der Waals surface area contributed by atoms with Crippen molar-refractivity contribution in [2.24, 2.45) is 10.7 Å². The number of alkyl halides is 3. The molecule has 0 aliphatic rings. The molecule has 0 heterocycles. The van der Waals surface area contributed by atoms with Crippen molar-refractivity contribution in [1.82, 2.24) is 0 Å². The predicted molar refractivity (Wildman–Crippen MR) is 79.1 cm³/mol. The molecule has 0 aliphatic carbocycles. The smallest absolute Gasteiger partial charge is 0.466 e. The van der Waals surface area contributed by atoms with Crippen LogP contribution in [0.1, 0.15) is 19.8 Å². The number of ether oxygens (including phenoxy) is 2. The number of rotatable bonds is 7. The normalized spacial score (nSPS) is 11.9. The summed E-state index contributed by atoms with van der Waals surface area (Å²) in [6, 6.07) is 5.07. The number of nitrogens with zero attached hydrogens (tertiary/aromatic N) is 1. The number of carbonyl (C=O) groups excluding carboxylic acids is 1. The Morgan fingerprint density at radius 3 is 2.52 bits per heavy atom. The standard InChI is InChI=1S/C14H18F3N3O3/c1-2-22-12(21)4-3-9-19-13(18)20-10-5-7-11(8-6-10)23-14(15,16)17/h5-8H,2-4,9H2,1H3,(H3,18,19,20). The minimum Gasteiger partial charge on any atom is -0.466 e. The molecular weight excluding hydrogens is 315 g/mol. The zero-order chi connectivity index (χ0) is 17.3. The number of hydrogen-bond acceptors (Lipinski definition) is 4. The molecule has 0 aliphatic heterocycles. The van der Waals surface area contributed by atoms with E-state index in [1.165, 1.54) is 12.1 Å². The van der Waals surface area contributed by atoms with Crippen molar-refractivity contribution < 1.29 is 27.4 Å². The first kappa shape index (κ1) is 18.6. The van der Waals surface area contributed by atoms with Crippen molar-refractivity contribution in [3.05, 3.63) is 24.3 Å². The molecule has 1 aromatic rings. The first-order chi connectivity index (χ1) is 10.8. The summed E-state index contributed by atoms with van der Waals surface area (Å²) in [5, 5.41) is 2.72. The van der Waals surface area contributed by atoms with Crippen molar-refractivity contribution in [3.8, 4) is 5.75 Å². The van der Waals surface area contributed by atoms with Crippen LogP contribution < -0.4 is 15.8 Å². The van der Waals surface area contributed by atoms with Crippen molar-refractivity contribution in [2.75, 3.05) is 18.5 Å². The van der Waals surface area contributed by atoms with Gasteiger partial charge in [-0.05, 0) is 37.6 Å². The summed E-state index contributed by atoms with van der Waals surface area (Å²) in [5.41, 5.74) is 6.10. The molecule has 1 rings (SSSR count). The van der Waals surface area contributed by atoms with E-state index >= 15 is 0 Å². The lowest BCUT2D eigenvalue weighted by Gasteiger charge is -2.10. The number of nitrogens with one attached hydrogen (secondary N) is 1. The maximum Gasteiger partial charge on any atom is 0.573 e. The molecular formula is C14H18F3N3O3. The second-order valence-electron chi connectivity index (χ2n) is 4.37. The third kappa shape index (κ3) is 8.54. The van der Waals surface area contributed by atoms with Crippen LogP contribution in [0.5, 0.6) is 5.75 Å². The fraction of sp³-hybridized carbons (Fsp3) is 0.429. The Kier molecular flexibility index (Phi) is 7.17. The van der Waals surface area contributed by atoms with Crippen LogP contribution in [0.15, 0.2) is 29.3 Å². The summed E-state index contributed by atoms with van der Waals surface area (Å²) in [6.45, 7) is 2.38. The Balaban J connectivity index is 2.40. The summed E-state index contributed by atoms with van der Waals surface area (Å²) in [4.78, 5) is 15.1. The Morgan fingerprint density at radius 2 is 1.96 bits per heavy atom. The third-order valence-electron chi connectivity index (χ3n) is 2.49. The van der Waals surface area contributed by atoms with E-state index in [9.17, 15) is 18.0 Å². The Hall–Kier alpha value is -2.45. The number of guanidine groups is 1. The second kappa shape index (κ2) is 8.86. The average molecular weight is 333 g/mol. The molecule has 0 amide bonds. The lowest BCUT2D eigenvalue weighted by Crippen LogP contribution is -2.23. The molecule has 9 heteroatoms. The molecule has 0 saturated carbocycles. The van der Waals surface area contributed by atoms with Gasteiger partial charge in [-0.15, -0.1) is 13.2 Å². The van der Waals surface area contributed by atoms with Gasteiger partial charge in [0.2, 0.25) is 0 Å². The summed E-state index contributed by atoms with van der Waals surface area (Å²) in [6.07, 6.45) is -4.00. The highest BCUT2D eigenvalue weighted by Gasteiger charge is 2.30. The van der Waals surface area contributed by atoms with Crippen molar-refractivity contribution in [2.45, 2.75) is 26.1 Å². The first-order valence-corrected chi connectivity index (χ1v) is 6.88. The minimum atomic E-state index is -4.73. The second-order valence-corrected chi connectivity index (χ2v) is 4.37. The number of anilines is 1. The topological polar surface area (TPSA) is 85.9 Å². The zero-order valence-electron chi connectivity index (χ0n) is 12.5. The number of halogens is 3. The Bertz CT molecular complexity index is 530. The highest BCUT2D eigenvalue weighted by molar-refractivity contribution is 5.92. The largest absolute Gasteiger partial charge is 0.573 e. The lowest BCUT2D eigenvalue weighted by molar-refractivity contribution is -0.274. The third-order valence-corrected chi connectivity index (χ3v) is 2.49. The lowest BCUT2D eigenvalue weighted by atomic mass is 10.3. The fourth-order valence-electron chi connectivity index (χ4n) is 1.58. The van der Waals surface area contributed by atoms with Gasteiger partial charge in [0, 0.05) is 18.7 Å². The summed E-state index contributed by atoms with van der Waals surface area (Å²) in [7, 11) is 0. The molecule has 0 atom stereocenters. The van der Waals surface area contributed by atoms with E-state index in [1.54, 1.807) is 6.92 Å². The average Bonchev–Trinajstić information content (AvgIpc) is 2.44. The maximum absolute atomic E-state index is 12.0. The van der Waals surface area contributed by atoms with Crippen LogP contribution in [0.3, 0.4) is 0 Å². The summed E-state index contributed by atoms with van der Waals surface area (Å²) >= 11 is 0. The highest BCUT2D eigenvalue weighted by Crippen LogP contribution is 2.23. The van der Waals surface area contributed by atoms with E-state index in [1.807, 2.05) is 0 Å². The van der Waals surface area contributed by atoms with Gasteiger partial charge in [-0.25, -0.2) is 0 Å². The van der Waals surface area contributed by atoms with Crippen molar-refractivity contribution >= 4 is 17.6 Å². The number of nitrogens with two attached hydrogens (primary N) is 1. The molecule has 0 radical (unpaired) electrons. The van der Waals surface area contributed by atoms with Crippen LogP contribution in [0.2, 0.25) is 0 Å².